The number of hydrogen-bond donors (Lipinski definition) is 1. The maximum atomic E-state index is 13.9. The predicted molar refractivity (Wildman–Crippen MR) is 157 cm³/mol. The lowest BCUT2D eigenvalue weighted by molar-refractivity contribution is -0.122. The number of thiazole rings is 1. The molecule has 1 fully saturated rings. The van der Waals surface area contributed by atoms with Crippen LogP contribution in [0.5, 0.6) is 11.5 Å². The van der Waals surface area contributed by atoms with Crippen LogP contribution in [0.4, 0.5) is 15.8 Å². The second-order valence-electron chi connectivity index (χ2n) is 9.70. The van der Waals surface area contributed by atoms with E-state index in [2.05, 4.69) is 5.32 Å². The van der Waals surface area contributed by atoms with E-state index in [1.807, 2.05) is 12.1 Å². The lowest BCUT2D eigenvalue weighted by Crippen LogP contribution is -2.33. The number of hydrogen-bond acceptors (Lipinski definition) is 8. The number of methoxy groups -OCH3 is 2. The van der Waals surface area contributed by atoms with Crippen LogP contribution in [0.1, 0.15) is 16.4 Å². The van der Waals surface area contributed by atoms with Gasteiger partial charge in [0.1, 0.15) is 29.1 Å². The average Bonchev–Trinajstić information content (AvgIpc) is 3.44. The summed E-state index contributed by atoms with van der Waals surface area (Å²) in [5.41, 5.74) is 1.54. The van der Waals surface area contributed by atoms with Gasteiger partial charge in [-0.2, -0.15) is 0 Å². The fourth-order valence-corrected chi connectivity index (χ4v) is 8.06. The fourth-order valence-electron chi connectivity index (χ4n) is 5.29. The Labute approximate surface area is 247 Å². The number of carbonyl (C=O) groups is 3. The largest absolute Gasteiger partial charge is 0.497 e. The van der Waals surface area contributed by atoms with Crippen LogP contribution in [0.2, 0.25) is 0 Å². The molecule has 1 saturated heterocycles. The summed E-state index contributed by atoms with van der Waals surface area (Å²) in [5.74, 6) is -1.98. The zero-order valence-electron chi connectivity index (χ0n) is 22.4. The fraction of sp³-hybridized carbons (Fsp3) is 0.200. The number of carbonyl (C=O) groups excluding carboxylic acids is 3. The Morgan fingerprint density at radius 2 is 1.50 bits per heavy atom. The molecule has 3 aromatic carbocycles. The number of amides is 3. The third kappa shape index (κ3) is 4.86. The van der Waals surface area contributed by atoms with Crippen LogP contribution in [0.3, 0.4) is 0 Å². The molecule has 2 aliphatic heterocycles. The molecule has 0 aliphatic carbocycles. The number of nitrogens with zero attached hydrogens (tertiary/aromatic N) is 2. The number of ether oxygens (including phenoxy) is 2. The molecule has 3 heterocycles. The van der Waals surface area contributed by atoms with Crippen LogP contribution in [0, 0.1) is 11.7 Å². The van der Waals surface area contributed by atoms with E-state index in [1.54, 1.807) is 50.6 Å². The van der Waals surface area contributed by atoms with Crippen molar-refractivity contribution < 1.29 is 28.2 Å². The average molecular weight is 606 g/mol. The van der Waals surface area contributed by atoms with Gasteiger partial charge in [-0.05, 0) is 66.2 Å². The molecule has 214 valence electrons. The first-order valence-electron chi connectivity index (χ1n) is 12.9. The second-order valence-corrected chi connectivity index (χ2v) is 11.8. The molecule has 0 spiro atoms. The highest BCUT2D eigenvalue weighted by Crippen LogP contribution is 2.54. The van der Waals surface area contributed by atoms with Gasteiger partial charge in [-0.25, -0.2) is 9.29 Å². The standard InChI is InChI=1S/C30H24FN3O6S2/c1-39-20-11-3-16(4-12-20)23-24-25(28(37)34(27(24)36)19-9-5-17(31)6-10-19)41-29-26(23)42-30(38)33(29)15-22(35)32-18-7-13-21(40-2)14-8-18/h3-14,23-25H,15H2,1-2H3,(H,32,35)/t23-,24?,25?/m1/s1. The van der Waals surface area contributed by atoms with E-state index in [0.717, 1.165) is 33.6 Å². The van der Waals surface area contributed by atoms with Crippen LogP contribution >= 0.6 is 23.1 Å². The Bertz CT molecular complexity index is 1730. The van der Waals surface area contributed by atoms with E-state index in [4.69, 9.17) is 9.47 Å². The van der Waals surface area contributed by atoms with E-state index < -0.39 is 40.6 Å². The summed E-state index contributed by atoms with van der Waals surface area (Å²) in [7, 11) is 3.09. The van der Waals surface area contributed by atoms with Gasteiger partial charge >= 0.3 is 4.87 Å². The maximum Gasteiger partial charge on any atom is 0.308 e. The molecule has 2 aliphatic rings. The van der Waals surface area contributed by atoms with Crippen molar-refractivity contribution in [1.29, 1.82) is 0 Å². The van der Waals surface area contributed by atoms with Gasteiger partial charge in [0, 0.05) is 16.5 Å². The zero-order valence-corrected chi connectivity index (χ0v) is 24.0. The molecule has 2 unspecified atom stereocenters. The first-order chi connectivity index (χ1) is 20.3. The minimum Gasteiger partial charge on any atom is -0.497 e. The van der Waals surface area contributed by atoms with Gasteiger partial charge in [-0.3, -0.25) is 23.7 Å². The van der Waals surface area contributed by atoms with E-state index in [-0.39, 0.29) is 17.1 Å². The smallest absolute Gasteiger partial charge is 0.308 e. The van der Waals surface area contributed by atoms with Crippen molar-refractivity contribution in [1.82, 2.24) is 4.57 Å². The Balaban J connectivity index is 1.38. The van der Waals surface area contributed by atoms with Gasteiger partial charge in [-0.1, -0.05) is 35.2 Å². The predicted octanol–water partition coefficient (Wildman–Crippen LogP) is 4.50. The normalized spacial score (nSPS) is 19.3. The van der Waals surface area contributed by atoms with Gasteiger partial charge in [0.25, 0.3) is 0 Å². The third-order valence-corrected chi connectivity index (χ3v) is 9.89. The number of benzene rings is 3. The van der Waals surface area contributed by atoms with Crippen molar-refractivity contribution >= 4 is 52.2 Å². The summed E-state index contributed by atoms with van der Waals surface area (Å²) >= 11 is 2.08. The molecule has 1 aromatic heterocycles. The summed E-state index contributed by atoms with van der Waals surface area (Å²) in [4.78, 5) is 55.3. The van der Waals surface area contributed by atoms with Crippen LogP contribution in [-0.2, 0) is 20.9 Å². The molecule has 0 bridgehead atoms. The Morgan fingerprint density at radius 1 is 0.881 bits per heavy atom. The number of halogens is 1. The maximum absolute atomic E-state index is 13.9. The molecule has 9 nitrogen and oxygen atoms in total. The number of imide groups is 1. The van der Waals surface area contributed by atoms with Crippen LogP contribution in [-0.4, -0.2) is 41.8 Å². The topological polar surface area (TPSA) is 107 Å². The minimum absolute atomic E-state index is 0.273. The highest BCUT2D eigenvalue weighted by Gasteiger charge is 2.56. The number of fused-ring (bicyclic) bond motifs is 2. The Hall–Kier alpha value is -4.42. The quantitative estimate of drug-likeness (QED) is 0.309. The molecule has 12 heteroatoms. The van der Waals surface area contributed by atoms with Gasteiger partial charge in [0.15, 0.2) is 0 Å². The third-order valence-electron chi connectivity index (χ3n) is 7.28. The van der Waals surface area contributed by atoms with E-state index in [0.29, 0.717) is 27.1 Å². The summed E-state index contributed by atoms with van der Waals surface area (Å²) < 4.78 is 25.4. The van der Waals surface area contributed by atoms with Gasteiger partial charge in [0.05, 0.1) is 30.9 Å². The lowest BCUT2D eigenvalue weighted by atomic mass is 9.83. The van der Waals surface area contributed by atoms with E-state index >= 15 is 0 Å². The number of rotatable bonds is 7. The molecule has 3 atom stereocenters. The van der Waals surface area contributed by atoms with Gasteiger partial charge < -0.3 is 14.8 Å². The lowest BCUT2D eigenvalue weighted by Gasteiger charge is -2.30. The monoisotopic (exact) mass is 605 g/mol. The number of anilines is 2. The molecular weight excluding hydrogens is 581 g/mol. The molecular formula is C30H24FN3O6S2. The van der Waals surface area contributed by atoms with Gasteiger partial charge in [-0.15, -0.1) is 0 Å². The van der Waals surface area contributed by atoms with Crippen molar-refractivity contribution in [2.75, 3.05) is 24.4 Å². The molecule has 6 rings (SSSR count). The Morgan fingerprint density at radius 3 is 2.12 bits per heavy atom. The van der Waals surface area contributed by atoms with Crippen LogP contribution in [0.25, 0.3) is 0 Å². The molecule has 4 aromatic rings. The van der Waals surface area contributed by atoms with Crippen LogP contribution in [0.15, 0.2) is 82.6 Å². The van der Waals surface area contributed by atoms with E-state index in [9.17, 15) is 23.6 Å². The van der Waals surface area contributed by atoms with Crippen LogP contribution < -0.4 is 24.6 Å². The number of nitrogens with one attached hydrogen (secondary N) is 1. The first-order valence-corrected chi connectivity index (χ1v) is 14.6. The number of aromatic nitrogens is 1. The first kappa shape index (κ1) is 27.7. The molecule has 0 saturated carbocycles. The van der Waals surface area contributed by atoms with Crippen molar-refractivity contribution in [3.05, 3.63) is 98.7 Å². The van der Waals surface area contributed by atoms with Crippen molar-refractivity contribution in [2.45, 2.75) is 22.7 Å². The van der Waals surface area contributed by atoms with E-state index in [1.165, 1.54) is 28.8 Å². The van der Waals surface area contributed by atoms with Crippen molar-refractivity contribution in [3.63, 3.8) is 0 Å². The number of thioether (sulfide) groups is 1. The summed E-state index contributed by atoms with van der Waals surface area (Å²) in [6.07, 6.45) is 0. The Kier molecular flexibility index (Phi) is 7.33. The summed E-state index contributed by atoms with van der Waals surface area (Å²) in [5, 5.41) is 2.40. The minimum atomic E-state index is -0.855. The molecule has 1 N–H and O–H groups in total. The van der Waals surface area contributed by atoms with Crippen molar-refractivity contribution in [2.24, 2.45) is 5.92 Å². The highest BCUT2D eigenvalue weighted by molar-refractivity contribution is 8.00. The molecule has 42 heavy (non-hydrogen) atoms. The van der Waals surface area contributed by atoms with Crippen molar-refractivity contribution in [3.8, 4) is 11.5 Å². The van der Waals surface area contributed by atoms with Gasteiger partial charge in [0.2, 0.25) is 17.7 Å². The zero-order chi connectivity index (χ0) is 29.5. The SMILES string of the molecule is COc1ccc(NC(=O)Cn2c3c(sc2=O)[C@H](c2ccc(OC)cc2)C2C(=O)N(c4ccc(F)cc4)C(=O)C2S3)cc1. The molecule has 3 amide bonds. The molecule has 0 radical (unpaired) electrons. The second kappa shape index (κ2) is 11.1. The highest BCUT2D eigenvalue weighted by atomic mass is 32.2. The summed E-state index contributed by atoms with van der Waals surface area (Å²) in [6.45, 7) is -0.278. The summed E-state index contributed by atoms with van der Waals surface area (Å²) in [6, 6.07) is 19.1.